The Morgan fingerprint density at radius 2 is 1.51 bits per heavy atom. The van der Waals surface area contributed by atoms with Gasteiger partial charge in [0.15, 0.2) is 5.00 Å². The zero-order valence-electron chi connectivity index (χ0n) is 28.0. The van der Waals surface area contributed by atoms with Crippen LogP contribution in [0.25, 0.3) is 22.4 Å². The molecule has 0 saturated carbocycles. The quantitative estimate of drug-likeness (QED) is 0.0467. The van der Waals surface area contributed by atoms with Crippen molar-refractivity contribution in [2.24, 2.45) is 20.5 Å². The number of anilines is 1. The molecule has 49 heavy (non-hydrogen) atoms. The summed E-state index contributed by atoms with van der Waals surface area (Å²) in [5.41, 5.74) is 6.49. The fraction of sp³-hybridized carbons (Fsp3) is 0.250. The van der Waals surface area contributed by atoms with Crippen molar-refractivity contribution < 1.29 is 24.1 Å². The molecule has 0 amide bonds. The Morgan fingerprint density at radius 1 is 0.776 bits per heavy atom. The van der Waals surface area contributed by atoms with Crippen LogP contribution in [-0.2, 0) is 9.37 Å². The molecule has 0 aliphatic carbocycles. The second kappa shape index (κ2) is 17.7. The summed E-state index contributed by atoms with van der Waals surface area (Å²) in [6.45, 7) is 12.8. The molecule has 5 rings (SSSR count). The second-order valence-electron chi connectivity index (χ2n) is 10.5. The molecule has 0 radical (unpaired) electrons. The zero-order chi connectivity index (χ0) is 34.6. The zero-order valence-corrected chi connectivity index (χ0v) is 29.6. The number of benzene rings is 4. The molecule has 0 saturated heterocycles. The van der Waals surface area contributed by atoms with Crippen LogP contribution in [0, 0.1) is 6.92 Å². The summed E-state index contributed by atoms with van der Waals surface area (Å²) in [6.07, 6.45) is 0. The van der Waals surface area contributed by atoms with Gasteiger partial charge in [-0.1, -0.05) is 77.0 Å². The van der Waals surface area contributed by atoms with Gasteiger partial charge < -0.3 is 14.4 Å². The van der Waals surface area contributed by atoms with Gasteiger partial charge in [0, 0.05) is 35.7 Å². The molecule has 11 nitrogen and oxygen atoms in total. The lowest BCUT2D eigenvalue weighted by molar-refractivity contribution is -0.432. The number of rotatable bonds is 16. The number of hydrogen-bond acceptors (Lipinski definition) is 13. The summed E-state index contributed by atoms with van der Waals surface area (Å²) in [7, 11) is 0. The molecule has 1 heterocycles. The molecule has 4 aromatic carbocycles. The van der Waals surface area contributed by atoms with Crippen LogP contribution >= 0.6 is 23.4 Å². The van der Waals surface area contributed by atoms with Crippen molar-refractivity contribution in [3.8, 4) is 33.9 Å². The van der Waals surface area contributed by atoms with Crippen LogP contribution in [0.15, 0.2) is 110 Å². The Labute approximate surface area is 294 Å². The van der Waals surface area contributed by atoms with Crippen molar-refractivity contribution >= 4 is 50.6 Å². The first kappa shape index (κ1) is 35.6. The molecule has 0 atom stereocenters. The highest BCUT2D eigenvalue weighted by molar-refractivity contribution is 7.94. The Bertz CT molecular complexity index is 1900. The molecule has 0 aliphatic rings. The largest absolute Gasteiger partial charge is 0.492 e. The second-order valence-corrected chi connectivity index (χ2v) is 12.2. The van der Waals surface area contributed by atoms with Gasteiger partial charge in [-0.3, -0.25) is 0 Å². The highest BCUT2D eigenvalue weighted by Gasteiger charge is 2.18. The fourth-order valence-electron chi connectivity index (χ4n) is 5.15. The molecule has 0 aliphatic heterocycles. The van der Waals surface area contributed by atoms with Gasteiger partial charge in [0.25, 0.3) is 0 Å². The third-order valence-corrected chi connectivity index (χ3v) is 8.92. The van der Waals surface area contributed by atoms with Crippen molar-refractivity contribution in [2.75, 3.05) is 31.2 Å². The van der Waals surface area contributed by atoms with Gasteiger partial charge in [-0.15, -0.1) is 24.8 Å². The number of nitrogens with zero attached hydrogens (tertiary/aromatic N) is 6. The number of hydrogen-bond donors (Lipinski definition) is 1. The van der Waals surface area contributed by atoms with Gasteiger partial charge in [-0.2, -0.15) is 0 Å². The number of thiazole rings is 1. The molecule has 5 aromatic rings. The van der Waals surface area contributed by atoms with E-state index >= 15 is 0 Å². The van der Waals surface area contributed by atoms with Gasteiger partial charge in [-0.05, 0) is 63.4 Å². The van der Waals surface area contributed by atoms with E-state index in [0.29, 0.717) is 56.8 Å². The maximum absolute atomic E-state index is 8.80. The summed E-state index contributed by atoms with van der Waals surface area (Å²) < 4.78 is 16.8. The highest BCUT2D eigenvalue weighted by Crippen LogP contribution is 2.44. The highest BCUT2D eigenvalue weighted by atomic mass is 32.2. The molecule has 0 bridgehead atoms. The van der Waals surface area contributed by atoms with E-state index in [1.807, 2.05) is 99.6 Å². The monoisotopic (exact) mass is 698 g/mol. The van der Waals surface area contributed by atoms with Crippen molar-refractivity contribution in [3.05, 3.63) is 90.5 Å². The first-order valence-electron chi connectivity index (χ1n) is 15.9. The SMILES string of the molecule is CCOc1cc(N(CC)CC)c(OCC)cc1N=Nc1nc(-c2ccccc2C)c(N=Nc2ccc(-c3ccccc3)c(SOOO)c2)s1. The third kappa shape index (κ3) is 8.88. The number of ether oxygens (including phenoxy) is 2. The predicted molar refractivity (Wildman–Crippen MR) is 196 cm³/mol. The number of aromatic nitrogens is 1. The van der Waals surface area contributed by atoms with E-state index in [0.717, 1.165) is 53.1 Å². The van der Waals surface area contributed by atoms with E-state index < -0.39 is 0 Å². The van der Waals surface area contributed by atoms with Crippen molar-refractivity contribution in [2.45, 2.75) is 39.5 Å². The Morgan fingerprint density at radius 3 is 2.22 bits per heavy atom. The predicted octanol–water partition coefficient (Wildman–Crippen LogP) is 11.7. The van der Waals surface area contributed by atoms with E-state index in [2.05, 4.69) is 44.2 Å². The molecule has 13 heteroatoms. The molecule has 0 fully saturated rings. The van der Waals surface area contributed by atoms with Crippen LogP contribution in [0.5, 0.6) is 11.5 Å². The number of azo groups is 2. The third-order valence-electron chi connectivity index (χ3n) is 7.45. The van der Waals surface area contributed by atoms with Crippen LogP contribution in [0.1, 0.15) is 33.3 Å². The molecular formula is C36H38N6O5S2. The average molecular weight is 699 g/mol. The molecule has 254 valence electrons. The lowest BCUT2D eigenvalue weighted by atomic mass is 10.1. The first-order chi connectivity index (χ1) is 24.0. The van der Waals surface area contributed by atoms with Gasteiger partial charge in [0.1, 0.15) is 22.9 Å². The van der Waals surface area contributed by atoms with E-state index in [1.165, 1.54) is 11.3 Å². The van der Waals surface area contributed by atoms with Crippen LogP contribution in [-0.4, -0.2) is 36.5 Å². The Hall–Kier alpha value is -4.66. The molecular weight excluding hydrogens is 661 g/mol. The molecule has 1 aromatic heterocycles. The minimum Gasteiger partial charge on any atom is -0.492 e. The lowest BCUT2D eigenvalue weighted by Crippen LogP contribution is -2.22. The van der Waals surface area contributed by atoms with Gasteiger partial charge in [0.05, 0.1) is 36.6 Å². The van der Waals surface area contributed by atoms with E-state index in [-0.39, 0.29) is 0 Å². The summed E-state index contributed by atoms with van der Waals surface area (Å²) in [6, 6.07) is 27.2. The van der Waals surface area contributed by atoms with Crippen molar-refractivity contribution in [1.29, 1.82) is 0 Å². The summed E-state index contributed by atoms with van der Waals surface area (Å²) in [5, 5.41) is 32.0. The van der Waals surface area contributed by atoms with E-state index in [4.69, 9.17) is 24.0 Å². The van der Waals surface area contributed by atoms with Crippen LogP contribution < -0.4 is 14.4 Å². The smallest absolute Gasteiger partial charge is 0.232 e. The molecule has 1 N–H and O–H groups in total. The number of aryl methyl sites for hydroxylation is 1. The van der Waals surface area contributed by atoms with Gasteiger partial charge >= 0.3 is 0 Å². The maximum Gasteiger partial charge on any atom is 0.232 e. The molecule has 0 spiro atoms. The fourth-order valence-corrected chi connectivity index (χ4v) is 6.42. The summed E-state index contributed by atoms with van der Waals surface area (Å²) >= 11 is 2.14. The minimum absolute atomic E-state index is 0.407. The average Bonchev–Trinajstić information content (AvgIpc) is 3.54. The maximum atomic E-state index is 8.80. The normalized spacial score (nSPS) is 11.5. The minimum atomic E-state index is 0.407. The van der Waals surface area contributed by atoms with Crippen LogP contribution in [0.4, 0.5) is 27.2 Å². The van der Waals surface area contributed by atoms with Gasteiger partial charge in [-0.25, -0.2) is 10.2 Å². The lowest BCUT2D eigenvalue weighted by Gasteiger charge is -2.25. The Kier molecular flexibility index (Phi) is 12.8. The topological polar surface area (TPSA) is 123 Å². The summed E-state index contributed by atoms with van der Waals surface area (Å²) in [4.78, 5) is 7.74. The molecule has 0 unspecified atom stereocenters. The Balaban J connectivity index is 1.53. The first-order valence-corrected chi connectivity index (χ1v) is 17.5. The standard InChI is InChI=1S/C36H38N6O5S2/c1-6-42(7-2)30-23-31(44-8-3)29(22-32(30)45-9-4)39-41-36-37-34(27-18-14-13-15-24(27)5)35(48-36)40-38-26-19-20-28(25-16-11-10-12-17-25)33(21-26)49-47-46-43/h10-23,43H,6-9H2,1-5H3. The van der Waals surface area contributed by atoms with Gasteiger partial charge in [0.2, 0.25) is 5.13 Å². The van der Waals surface area contributed by atoms with Crippen LogP contribution in [0.2, 0.25) is 0 Å². The van der Waals surface area contributed by atoms with Crippen molar-refractivity contribution in [1.82, 2.24) is 4.98 Å². The van der Waals surface area contributed by atoms with E-state index in [1.54, 1.807) is 6.07 Å². The van der Waals surface area contributed by atoms with Crippen LogP contribution in [0.3, 0.4) is 0 Å². The summed E-state index contributed by atoms with van der Waals surface area (Å²) in [5.74, 6) is 1.32. The van der Waals surface area contributed by atoms with E-state index in [9.17, 15) is 0 Å². The van der Waals surface area contributed by atoms with Crippen molar-refractivity contribution in [3.63, 3.8) is 0 Å².